The molecule has 0 saturated heterocycles. The molecule has 2 saturated carbocycles. The molecule has 1 N–H and O–H groups in total. The van der Waals surface area contributed by atoms with Gasteiger partial charge in [-0.3, -0.25) is 14.4 Å². The van der Waals surface area contributed by atoms with Crippen LogP contribution in [0.5, 0.6) is 11.5 Å². The Morgan fingerprint density at radius 2 is 1.63 bits per heavy atom. The molecule has 0 heterocycles. The van der Waals surface area contributed by atoms with Gasteiger partial charge in [-0.05, 0) is 76.3 Å². The van der Waals surface area contributed by atoms with Crippen molar-refractivity contribution in [2.24, 2.45) is 23.7 Å². The Morgan fingerprint density at radius 1 is 0.930 bits per heavy atom. The first-order valence-electron chi connectivity index (χ1n) is 15.0. The van der Waals surface area contributed by atoms with Crippen LogP contribution in [-0.2, 0) is 25.7 Å². The van der Waals surface area contributed by atoms with Gasteiger partial charge < -0.3 is 24.3 Å². The minimum absolute atomic E-state index is 0.00875. The maximum Gasteiger partial charge on any atom is 0.311 e. The molecular formula is C34H40FNO7. The monoisotopic (exact) mass is 593 g/mol. The second-order valence-corrected chi connectivity index (χ2v) is 12.7. The first-order valence-corrected chi connectivity index (χ1v) is 15.0. The molecule has 4 unspecified atom stereocenters. The second-order valence-electron chi connectivity index (χ2n) is 12.7. The first kappa shape index (κ1) is 30.6. The van der Waals surface area contributed by atoms with E-state index in [0.29, 0.717) is 25.7 Å². The number of benzene rings is 2. The fourth-order valence-corrected chi connectivity index (χ4v) is 6.35. The van der Waals surface area contributed by atoms with Crippen molar-refractivity contribution in [3.8, 4) is 11.5 Å². The van der Waals surface area contributed by atoms with Gasteiger partial charge in [-0.25, -0.2) is 4.39 Å². The van der Waals surface area contributed by atoms with Gasteiger partial charge in [-0.1, -0.05) is 42.5 Å². The van der Waals surface area contributed by atoms with Crippen LogP contribution in [0.15, 0.2) is 54.6 Å². The van der Waals surface area contributed by atoms with Gasteiger partial charge in [-0.2, -0.15) is 0 Å². The summed E-state index contributed by atoms with van der Waals surface area (Å²) in [5.74, 6) is -2.48. The van der Waals surface area contributed by atoms with E-state index in [1.807, 2.05) is 63.3 Å². The summed E-state index contributed by atoms with van der Waals surface area (Å²) in [4.78, 5) is 39.2. The molecule has 5 rings (SSSR count). The number of halogens is 1. The van der Waals surface area contributed by atoms with Crippen molar-refractivity contribution in [2.45, 2.75) is 77.2 Å². The number of carbonyl (C=O) groups is 3. The van der Waals surface area contributed by atoms with Crippen LogP contribution >= 0.6 is 0 Å². The van der Waals surface area contributed by atoms with Gasteiger partial charge in [0.15, 0.2) is 11.6 Å². The molecule has 8 nitrogen and oxygen atoms in total. The molecule has 2 bridgehead atoms. The molecule has 2 fully saturated rings. The maximum atomic E-state index is 15.1. The van der Waals surface area contributed by atoms with Crippen molar-refractivity contribution in [1.29, 1.82) is 0 Å². The summed E-state index contributed by atoms with van der Waals surface area (Å²) < 4.78 is 37.6. The van der Waals surface area contributed by atoms with E-state index < -0.39 is 29.3 Å². The Hall–Kier alpha value is -3.88. The van der Waals surface area contributed by atoms with Gasteiger partial charge in [0, 0.05) is 12.1 Å². The second kappa shape index (κ2) is 12.8. The Balaban J connectivity index is 1.25. The minimum Gasteiger partial charge on any atom is -0.496 e. The number of esters is 2. The van der Waals surface area contributed by atoms with Gasteiger partial charge in [-0.15, -0.1) is 0 Å². The average molecular weight is 594 g/mol. The summed E-state index contributed by atoms with van der Waals surface area (Å²) >= 11 is 0. The Bertz CT molecular complexity index is 1360. The lowest BCUT2D eigenvalue weighted by molar-refractivity contribution is -0.161. The van der Waals surface area contributed by atoms with Crippen LogP contribution < -0.4 is 14.8 Å². The largest absolute Gasteiger partial charge is 0.496 e. The third kappa shape index (κ3) is 7.20. The minimum atomic E-state index is -0.645. The number of fused-ring (bicyclic) bond motifs is 2. The van der Waals surface area contributed by atoms with E-state index in [0.717, 1.165) is 18.1 Å². The molecule has 3 aliphatic carbocycles. The lowest BCUT2D eigenvalue weighted by Gasteiger charge is -2.30. The lowest BCUT2D eigenvalue weighted by atomic mass is 9.87. The molecule has 4 atom stereocenters. The molecule has 230 valence electrons. The average Bonchev–Trinajstić information content (AvgIpc) is 3.59. The highest BCUT2D eigenvalue weighted by atomic mass is 19.1. The number of ether oxygens (including phenoxy) is 4. The number of nitrogens with one attached hydrogen (secondary N) is 1. The van der Waals surface area contributed by atoms with Gasteiger partial charge in [0.25, 0.3) is 5.91 Å². The van der Waals surface area contributed by atoms with Crippen molar-refractivity contribution >= 4 is 17.8 Å². The van der Waals surface area contributed by atoms with Crippen LogP contribution in [0.4, 0.5) is 4.39 Å². The highest BCUT2D eigenvalue weighted by Gasteiger charge is 2.50. The molecule has 2 aromatic rings. The van der Waals surface area contributed by atoms with Crippen LogP contribution in [0.25, 0.3) is 0 Å². The molecular weight excluding hydrogens is 553 g/mol. The summed E-state index contributed by atoms with van der Waals surface area (Å²) in [5, 5.41) is 3.02. The van der Waals surface area contributed by atoms with E-state index in [2.05, 4.69) is 5.32 Å². The molecule has 3 aliphatic rings. The molecule has 2 aromatic carbocycles. The Morgan fingerprint density at radius 3 is 2.30 bits per heavy atom. The third-order valence-electron chi connectivity index (χ3n) is 8.46. The van der Waals surface area contributed by atoms with Gasteiger partial charge in [0.05, 0.1) is 30.6 Å². The van der Waals surface area contributed by atoms with Crippen LogP contribution in [0.1, 0.15) is 68.8 Å². The summed E-state index contributed by atoms with van der Waals surface area (Å²) in [6, 6.07) is 11.5. The van der Waals surface area contributed by atoms with Crippen LogP contribution in [0, 0.1) is 29.5 Å². The summed E-state index contributed by atoms with van der Waals surface area (Å²) in [5.41, 5.74) is 0.450. The SMILES string of the molecule is COc1cc(F)c(OC2CCC(C(=O)OC(C)(C)C)CC2)cc1C(=O)NC1C2C=CC(C2)C1C(=O)OCc1ccccc1. The molecule has 0 aliphatic heterocycles. The number of rotatable bonds is 9. The number of hydrogen-bond acceptors (Lipinski definition) is 7. The van der Waals surface area contributed by atoms with Gasteiger partial charge >= 0.3 is 11.9 Å². The number of carbonyl (C=O) groups excluding carboxylic acids is 3. The van der Waals surface area contributed by atoms with Crippen molar-refractivity contribution in [1.82, 2.24) is 5.32 Å². The van der Waals surface area contributed by atoms with Crippen molar-refractivity contribution in [2.75, 3.05) is 7.11 Å². The van der Waals surface area contributed by atoms with E-state index in [-0.39, 0.29) is 59.5 Å². The highest BCUT2D eigenvalue weighted by molar-refractivity contribution is 5.98. The quantitative estimate of drug-likeness (QED) is 0.291. The zero-order valence-corrected chi connectivity index (χ0v) is 25.1. The molecule has 9 heteroatoms. The molecule has 0 spiro atoms. The maximum absolute atomic E-state index is 15.1. The molecule has 0 aromatic heterocycles. The lowest BCUT2D eigenvalue weighted by Crippen LogP contribution is -2.46. The number of hydrogen-bond donors (Lipinski definition) is 1. The highest BCUT2D eigenvalue weighted by Crippen LogP contribution is 2.45. The zero-order valence-electron chi connectivity index (χ0n) is 25.1. The topological polar surface area (TPSA) is 100 Å². The molecule has 0 radical (unpaired) electrons. The summed E-state index contributed by atoms with van der Waals surface area (Å²) in [7, 11) is 1.37. The number of methoxy groups -OCH3 is 1. The predicted molar refractivity (Wildman–Crippen MR) is 157 cm³/mol. The van der Waals surface area contributed by atoms with E-state index in [1.165, 1.54) is 13.2 Å². The Labute approximate surface area is 251 Å². The van der Waals surface area contributed by atoms with Crippen LogP contribution in [-0.4, -0.2) is 42.7 Å². The molecule has 43 heavy (non-hydrogen) atoms. The van der Waals surface area contributed by atoms with E-state index >= 15 is 4.39 Å². The van der Waals surface area contributed by atoms with E-state index in [4.69, 9.17) is 18.9 Å². The first-order chi connectivity index (χ1) is 20.5. The van der Waals surface area contributed by atoms with Gasteiger partial charge in [0.1, 0.15) is 18.0 Å². The third-order valence-corrected chi connectivity index (χ3v) is 8.46. The smallest absolute Gasteiger partial charge is 0.311 e. The van der Waals surface area contributed by atoms with Gasteiger partial charge in [0.2, 0.25) is 0 Å². The van der Waals surface area contributed by atoms with E-state index in [9.17, 15) is 14.4 Å². The van der Waals surface area contributed by atoms with Crippen molar-refractivity contribution < 1.29 is 37.7 Å². The standard InChI is InChI=1S/C34H40FNO7/c1-34(2,3)43-32(38)21-12-14-24(15-13-21)42-28-17-25(27(40-4)18-26(28)35)31(37)36-30-23-11-10-22(16-23)29(30)33(39)41-19-20-8-6-5-7-9-20/h5-11,17-18,21-24,29-30H,12-16,19H2,1-4H3,(H,36,37). The summed E-state index contributed by atoms with van der Waals surface area (Å²) in [6.07, 6.45) is 6.75. The number of allylic oxidation sites excluding steroid dienone is 1. The fourth-order valence-electron chi connectivity index (χ4n) is 6.35. The zero-order chi connectivity index (χ0) is 30.7. The normalized spacial score (nSPS) is 26.1. The van der Waals surface area contributed by atoms with Crippen molar-refractivity contribution in [3.63, 3.8) is 0 Å². The van der Waals surface area contributed by atoms with Crippen molar-refractivity contribution in [3.05, 3.63) is 71.6 Å². The number of amides is 1. The Kier molecular flexibility index (Phi) is 9.08. The summed E-state index contributed by atoms with van der Waals surface area (Å²) in [6.45, 7) is 5.67. The molecule has 1 amide bonds. The van der Waals surface area contributed by atoms with Crippen LogP contribution in [0.3, 0.4) is 0 Å². The van der Waals surface area contributed by atoms with E-state index in [1.54, 1.807) is 0 Å². The predicted octanol–water partition coefficient (Wildman–Crippen LogP) is 5.78. The fraction of sp³-hybridized carbons (Fsp3) is 0.500. The van der Waals surface area contributed by atoms with Crippen LogP contribution in [0.2, 0.25) is 0 Å².